The minimum Gasteiger partial charge on any atom is -0.495 e. The van der Waals surface area contributed by atoms with Crippen LogP contribution in [0.25, 0.3) is 0 Å². The number of nitrogens with one attached hydrogen (secondary N) is 1. The molecule has 1 aromatic rings. The van der Waals surface area contributed by atoms with E-state index in [9.17, 15) is 4.79 Å². The molecular formula is C11H14N2O3. The molecule has 5 nitrogen and oxygen atoms in total. The number of methoxy groups -OCH3 is 1. The summed E-state index contributed by atoms with van der Waals surface area (Å²) in [7, 11) is 1.55. The molecule has 5 heteroatoms. The third-order valence-electron chi connectivity index (χ3n) is 2.62. The van der Waals surface area contributed by atoms with Gasteiger partial charge in [0.15, 0.2) is 0 Å². The molecule has 0 radical (unpaired) electrons. The van der Waals surface area contributed by atoms with Crippen molar-refractivity contribution in [1.82, 2.24) is 10.3 Å². The SMILES string of the molecule is COc1cnc(C2CC2)cc1CNC(=O)O. The lowest BCUT2D eigenvalue weighted by Gasteiger charge is -2.09. The lowest BCUT2D eigenvalue weighted by atomic mass is 10.1. The number of nitrogens with zero attached hydrogens (tertiary/aromatic N) is 1. The Kier molecular flexibility index (Phi) is 2.94. The molecule has 1 aliphatic rings. The molecule has 0 aliphatic heterocycles. The molecule has 0 atom stereocenters. The molecule has 1 saturated carbocycles. The third-order valence-corrected chi connectivity index (χ3v) is 2.62. The van der Waals surface area contributed by atoms with Crippen LogP contribution in [0.1, 0.15) is 30.0 Å². The van der Waals surface area contributed by atoms with Crippen LogP contribution in [0.3, 0.4) is 0 Å². The molecule has 0 aromatic carbocycles. The molecule has 16 heavy (non-hydrogen) atoms. The van der Waals surface area contributed by atoms with E-state index in [4.69, 9.17) is 9.84 Å². The summed E-state index contributed by atoms with van der Waals surface area (Å²) in [5.74, 6) is 1.17. The highest BCUT2D eigenvalue weighted by Gasteiger charge is 2.25. The van der Waals surface area contributed by atoms with Crippen LogP contribution in [-0.4, -0.2) is 23.3 Å². The molecule has 1 aromatic heterocycles. The monoisotopic (exact) mass is 222 g/mol. The first kappa shape index (κ1) is 10.7. The van der Waals surface area contributed by atoms with Gasteiger partial charge in [-0.15, -0.1) is 0 Å². The Morgan fingerprint density at radius 3 is 3.00 bits per heavy atom. The molecule has 1 heterocycles. The first-order chi connectivity index (χ1) is 7.70. The van der Waals surface area contributed by atoms with E-state index in [-0.39, 0.29) is 6.54 Å². The van der Waals surface area contributed by atoms with Crippen molar-refractivity contribution in [3.63, 3.8) is 0 Å². The fourth-order valence-corrected chi connectivity index (χ4v) is 1.60. The largest absolute Gasteiger partial charge is 0.495 e. The molecule has 0 bridgehead atoms. The second-order valence-electron chi connectivity index (χ2n) is 3.85. The molecule has 1 fully saturated rings. The van der Waals surface area contributed by atoms with E-state index in [1.54, 1.807) is 13.3 Å². The summed E-state index contributed by atoms with van der Waals surface area (Å²) in [6, 6.07) is 1.92. The molecule has 1 aliphatic carbocycles. The lowest BCUT2D eigenvalue weighted by Crippen LogP contribution is -2.20. The van der Waals surface area contributed by atoms with Crippen LogP contribution in [-0.2, 0) is 6.54 Å². The minimum atomic E-state index is -1.04. The maximum Gasteiger partial charge on any atom is 0.404 e. The van der Waals surface area contributed by atoms with Crippen LogP contribution in [0, 0.1) is 0 Å². The Bertz CT molecular complexity index is 402. The van der Waals surface area contributed by atoms with Crippen molar-refractivity contribution in [3.8, 4) is 5.75 Å². The maximum absolute atomic E-state index is 10.4. The summed E-state index contributed by atoms with van der Waals surface area (Å²) in [5, 5.41) is 10.9. The number of carbonyl (C=O) groups is 1. The van der Waals surface area contributed by atoms with E-state index in [2.05, 4.69) is 10.3 Å². The van der Waals surface area contributed by atoms with Crippen molar-refractivity contribution >= 4 is 6.09 Å². The Morgan fingerprint density at radius 2 is 2.44 bits per heavy atom. The van der Waals surface area contributed by atoms with E-state index < -0.39 is 6.09 Å². The molecule has 86 valence electrons. The molecule has 2 N–H and O–H groups in total. The van der Waals surface area contributed by atoms with Crippen LogP contribution in [0.5, 0.6) is 5.75 Å². The van der Waals surface area contributed by atoms with Crippen molar-refractivity contribution < 1.29 is 14.6 Å². The van der Waals surface area contributed by atoms with Gasteiger partial charge in [0.05, 0.1) is 13.3 Å². The highest BCUT2D eigenvalue weighted by Crippen LogP contribution is 2.39. The molecule has 0 saturated heterocycles. The smallest absolute Gasteiger partial charge is 0.404 e. The van der Waals surface area contributed by atoms with Crippen molar-refractivity contribution in [3.05, 3.63) is 23.5 Å². The first-order valence-electron chi connectivity index (χ1n) is 5.20. The van der Waals surface area contributed by atoms with E-state index in [0.717, 1.165) is 11.3 Å². The van der Waals surface area contributed by atoms with Gasteiger partial charge in [-0.25, -0.2) is 4.79 Å². The van der Waals surface area contributed by atoms with Gasteiger partial charge in [0.25, 0.3) is 0 Å². The highest BCUT2D eigenvalue weighted by atomic mass is 16.5. The second-order valence-corrected chi connectivity index (χ2v) is 3.85. The predicted molar refractivity (Wildman–Crippen MR) is 57.6 cm³/mol. The van der Waals surface area contributed by atoms with Crippen LogP contribution in [0.15, 0.2) is 12.3 Å². The van der Waals surface area contributed by atoms with Crippen LogP contribution >= 0.6 is 0 Å². The van der Waals surface area contributed by atoms with Gasteiger partial charge in [0.1, 0.15) is 5.75 Å². The normalized spacial score (nSPS) is 14.6. The van der Waals surface area contributed by atoms with Crippen molar-refractivity contribution in [2.24, 2.45) is 0 Å². The van der Waals surface area contributed by atoms with Gasteiger partial charge >= 0.3 is 6.09 Å². The number of pyridine rings is 1. The maximum atomic E-state index is 10.4. The number of ether oxygens (including phenoxy) is 1. The van der Waals surface area contributed by atoms with Crippen LogP contribution in [0.2, 0.25) is 0 Å². The zero-order valence-corrected chi connectivity index (χ0v) is 9.06. The highest BCUT2D eigenvalue weighted by molar-refractivity contribution is 5.64. The van der Waals surface area contributed by atoms with E-state index >= 15 is 0 Å². The number of amides is 1. The summed E-state index contributed by atoms with van der Waals surface area (Å²) in [6.07, 6.45) is 2.97. The molecule has 1 amide bonds. The van der Waals surface area contributed by atoms with E-state index in [1.807, 2.05) is 6.07 Å². The molecular weight excluding hydrogens is 208 g/mol. The van der Waals surface area contributed by atoms with Crippen molar-refractivity contribution in [2.45, 2.75) is 25.3 Å². The molecule has 0 unspecified atom stereocenters. The second kappa shape index (κ2) is 4.38. The summed E-state index contributed by atoms with van der Waals surface area (Å²) in [5.41, 5.74) is 1.87. The summed E-state index contributed by atoms with van der Waals surface area (Å²) < 4.78 is 5.14. The minimum absolute atomic E-state index is 0.251. The molecule has 0 spiro atoms. The quantitative estimate of drug-likeness (QED) is 0.813. The number of carboxylic acid groups (broad SMARTS) is 1. The predicted octanol–water partition coefficient (Wildman–Crippen LogP) is 1.74. The van der Waals surface area contributed by atoms with Gasteiger partial charge < -0.3 is 15.2 Å². The Morgan fingerprint density at radius 1 is 1.69 bits per heavy atom. The summed E-state index contributed by atoms with van der Waals surface area (Å²) >= 11 is 0. The standard InChI is InChI=1S/C11H14N2O3/c1-16-10-6-12-9(7-2-3-7)4-8(10)5-13-11(14)15/h4,6-7,13H,2-3,5H2,1H3,(H,14,15). The van der Waals surface area contributed by atoms with Crippen LogP contribution in [0.4, 0.5) is 4.79 Å². The third kappa shape index (κ3) is 2.42. The lowest BCUT2D eigenvalue weighted by molar-refractivity contribution is 0.194. The van der Waals surface area contributed by atoms with Gasteiger partial charge in [0.2, 0.25) is 0 Å². The topological polar surface area (TPSA) is 71.5 Å². The average molecular weight is 222 g/mol. The van der Waals surface area contributed by atoms with Gasteiger partial charge in [-0.2, -0.15) is 0 Å². The average Bonchev–Trinajstić information content (AvgIpc) is 3.09. The number of hydrogen-bond acceptors (Lipinski definition) is 3. The van der Waals surface area contributed by atoms with Crippen LogP contribution < -0.4 is 10.1 Å². The van der Waals surface area contributed by atoms with Crippen molar-refractivity contribution in [2.75, 3.05) is 7.11 Å². The fourth-order valence-electron chi connectivity index (χ4n) is 1.60. The van der Waals surface area contributed by atoms with Crippen molar-refractivity contribution in [1.29, 1.82) is 0 Å². The van der Waals surface area contributed by atoms with Gasteiger partial charge in [0, 0.05) is 23.7 Å². The Balaban J connectivity index is 2.17. The summed E-state index contributed by atoms with van der Waals surface area (Å²) in [6.45, 7) is 0.251. The first-order valence-corrected chi connectivity index (χ1v) is 5.20. The zero-order chi connectivity index (χ0) is 11.5. The molecule has 2 rings (SSSR count). The number of rotatable bonds is 4. The fraction of sp³-hybridized carbons (Fsp3) is 0.455. The van der Waals surface area contributed by atoms with E-state index in [1.165, 1.54) is 12.8 Å². The van der Waals surface area contributed by atoms with Gasteiger partial charge in [-0.3, -0.25) is 4.98 Å². The van der Waals surface area contributed by atoms with E-state index in [0.29, 0.717) is 11.7 Å². The Labute approximate surface area is 93.5 Å². The Hall–Kier alpha value is -1.78. The van der Waals surface area contributed by atoms with Gasteiger partial charge in [-0.05, 0) is 18.9 Å². The number of aromatic nitrogens is 1. The van der Waals surface area contributed by atoms with Gasteiger partial charge in [-0.1, -0.05) is 0 Å². The number of hydrogen-bond donors (Lipinski definition) is 2. The zero-order valence-electron chi connectivity index (χ0n) is 9.06. The summed E-state index contributed by atoms with van der Waals surface area (Å²) in [4.78, 5) is 14.7.